The van der Waals surface area contributed by atoms with Crippen molar-refractivity contribution in [3.8, 4) is 0 Å². The van der Waals surface area contributed by atoms with Crippen LogP contribution in [0, 0.1) is 11.8 Å². The van der Waals surface area contributed by atoms with Gasteiger partial charge in [-0.25, -0.2) is 0 Å². The van der Waals surface area contributed by atoms with Gasteiger partial charge in [0.1, 0.15) is 0 Å². The third kappa shape index (κ3) is 4.22. The Morgan fingerprint density at radius 2 is 1.93 bits per heavy atom. The first-order valence-corrected chi connectivity index (χ1v) is 6.71. The first-order valence-electron chi connectivity index (χ1n) is 6.08. The van der Waals surface area contributed by atoms with E-state index in [1.165, 1.54) is 32.1 Å². The standard InChI is InChI=1S/C12H25NS/c1-10-4-6-12(7-5-10)11(2)13-8-3-9-14/h10-14H,3-9H2,1-2H3. The maximum Gasteiger partial charge on any atom is 0.00670 e. The highest BCUT2D eigenvalue weighted by Crippen LogP contribution is 2.30. The fourth-order valence-electron chi connectivity index (χ4n) is 2.36. The molecule has 0 saturated heterocycles. The summed E-state index contributed by atoms with van der Waals surface area (Å²) in [6.07, 6.45) is 6.91. The van der Waals surface area contributed by atoms with Crippen LogP contribution in [-0.2, 0) is 0 Å². The van der Waals surface area contributed by atoms with Crippen molar-refractivity contribution in [3.63, 3.8) is 0 Å². The van der Waals surface area contributed by atoms with Gasteiger partial charge in [0.15, 0.2) is 0 Å². The van der Waals surface area contributed by atoms with E-state index in [0.717, 1.165) is 24.1 Å². The lowest BCUT2D eigenvalue weighted by atomic mass is 9.80. The molecule has 2 heteroatoms. The molecule has 84 valence electrons. The van der Waals surface area contributed by atoms with Crippen LogP contribution in [-0.4, -0.2) is 18.3 Å². The van der Waals surface area contributed by atoms with Crippen molar-refractivity contribution in [1.29, 1.82) is 0 Å². The first-order chi connectivity index (χ1) is 6.74. The van der Waals surface area contributed by atoms with Gasteiger partial charge in [0, 0.05) is 6.04 Å². The third-order valence-corrected chi connectivity index (χ3v) is 3.89. The summed E-state index contributed by atoms with van der Waals surface area (Å²) in [4.78, 5) is 0. The molecule has 0 aromatic heterocycles. The van der Waals surface area contributed by atoms with E-state index in [1.54, 1.807) is 0 Å². The largest absolute Gasteiger partial charge is 0.314 e. The lowest BCUT2D eigenvalue weighted by molar-refractivity contribution is 0.240. The molecule has 0 spiro atoms. The zero-order chi connectivity index (χ0) is 10.4. The normalized spacial score (nSPS) is 30.2. The van der Waals surface area contributed by atoms with Gasteiger partial charge in [-0.2, -0.15) is 12.6 Å². The molecule has 1 aliphatic carbocycles. The maximum atomic E-state index is 4.22. The van der Waals surface area contributed by atoms with Crippen LogP contribution in [0.3, 0.4) is 0 Å². The van der Waals surface area contributed by atoms with Crippen LogP contribution >= 0.6 is 12.6 Å². The van der Waals surface area contributed by atoms with Gasteiger partial charge in [0.2, 0.25) is 0 Å². The van der Waals surface area contributed by atoms with E-state index >= 15 is 0 Å². The molecule has 0 bridgehead atoms. The zero-order valence-electron chi connectivity index (χ0n) is 9.63. The van der Waals surface area contributed by atoms with E-state index in [9.17, 15) is 0 Å². The van der Waals surface area contributed by atoms with Gasteiger partial charge >= 0.3 is 0 Å². The maximum absolute atomic E-state index is 4.22. The second-order valence-electron chi connectivity index (χ2n) is 4.84. The molecule has 0 aromatic carbocycles. The molecule has 1 rings (SSSR count). The summed E-state index contributed by atoms with van der Waals surface area (Å²) in [5.41, 5.74) is 0. The molecule has 14 heavy (non-hydrogen) atoms. The number of rotatable bonds is 5. The van der Waals surface area contributed by atoms with Crippen LogP contribution < -0.4 is 5.32 Å². The van der Waals surface area contributed by atoms with Gasteiger partial charge in [0.25, 0.3) is 0 Å². The van der Waals surface area contributed by atoms with E-state index in [2.05, 4.69) is 31.8 Å². The minimum Gasteiger partial charge on any atom is -0.314 e. The monoisotopic (exact) mass is 215 g/mol. The molecule has 1 saturated carbocycles. The van der Waals surface area contributed by atoms with E-state index in [1.807, 2.05) is 0 Å². The second kappa shape index (κ2) is 6.73. The summed E-state index contributed by atoms with van der Waals surface area (Å²) in [5.74, 6) is 2.89. The summed E-state index contributed by atoms with van der Waals surface area (Å²) < 4.78 is 0. The van der Waals surface area contributed by atoms with Crippen LogP contribution in [0.4, 0.5) is 0 Å². The number of hydrogen-bond acceptors (Lipinski definition) is 2. The van der Waals surface area contributed by atoms with E-state index < -0.39 is 0 Å². The lowest BCUT2D eigenvalue weighted by Gasteiger charge is -2.31. The molecular formula is C12H25NS. The van der Waals surface area contributed by atoms with Crippen molar-refractivity contribution in [2.45, 2.75) is 52.0 Å². The fraction of sp³-hybridized carbons (Fsp3) is 1.00. The fourth-order valence-corrected chi connectivity index (χ4v) is 2.52. The van der Waals surface area contributed by atoms with E-state index in [-0.39, 0.29) is 0 Å². The van der Waals surface area contributed by atoms with Gasteiger partial charge < -0.3 is 5.32 Å². The molecule has 0 heterocycles. The molecule has 1 N–H and O–H groups in total. The SMILES string of the molecule is CC1CCC(C(C)NCCCS)CC1. The molecule has 1 fully saturated rings. The van der Waals surface area contributed by atoms with Gasteiger partial charge in [-0.15, -0.1) is 0 Å². The molecule has 0 aromatic rings. The number of thiol groups is 1. The second-order valence-corrected chi connectivity index (χ2v) is 5.29. The zero-order valence-corrected chi connectivity index (χ0v) is 10.5. The van der Waals surface area contributed by atoms with Crippen molar-refractivity contribution in [2.75, 3.05) is 12.3 Å². The van der Waals surface area contributed by atoms with Crippen LogP contribution in [0.25, 0.3) is 0 Å². The third-order valence-electron chi connectivity index (χ3n) is 3.57. The van der Waals surface area contributed by atoms with Gasteiger partial charge in [0.05, 0.1) is 0 Å². The number of hydrogen-bond donors (Lipinski definition) is 2. The summed E-state index contributed by atoms with van der Waals surface area (Å²) in [7, 11) is 0. The van der Waals surface area contributed by atoms with Gasteiger partial charge in [-0.05, 0) is 50.3 Å². The van der Waals surface area contributed by atoms with E-state index in [4.69, 9.17) is 0 Å². The van der Waals surface area contributed by atoms with Gasteiger partial charge in [-0.1, -0.05) is 19.8 Å². The lowest BCUT2D eigenvalue weighted by Crippen LogP contribution is -2.36. The van der Waals surface area contributed by atoms with Crippen molar-refractivity contribution in [2.24, 2.45) is 11.8 Å². The molecule has 1 nitrogen and oxygen atoms in total. The van der Waals surface area contributed by atoms with Crippen molar-refractivity contribution < 1.29 is 0 Å². The average Bonchev–Trinajstić information content (AvgIpc) is 2.19. The van der Waals surface area contributed by atoms with Crippen LogP contribution in [0.1, 0.15) is 46.0 Å². The molecule has 1 atom stereocenters. The Bertz CT molecular complexity index is 141. The number of nitrogens with one attached hydrogen (secondary N) is 1. The van der Waals surface area contributed by atoms with Crippen LogP contribution in [0.5, 0.6) is 0 Å². The van der Waals surface area contributed by atoms with Crippen LogP contribution in [0.15, 0.2) is 0 Å². The molecule has 0 radical (unpaired) electrons. The minimum atomic E-state index is 0.711. The molecule has 1 unspecified atom stereocenters. The Kier molecular flexibility index (Phi) is 5.95. The quantitative estimate of drug-likeness (QED) is 0.530. The topological polar surface area (TPSA) is 12.0 Å². The minimum absolute atomic E-state index is 0.711. The van der Waals surface area contributed by atoms with Crippen LogP contribution in [0.2, 0.25) is 0 Å². The molecule has 0 amide bonds. The Morgan fingerprint density at radius 3 is 2.50 bits per heavy atom. The Morgan fingerprint density at radius 1 is 1.29 bits per heavy atom. The highest BCUT2D eigenvalue weighted by molar-refractivity contribution is 7.80. The summed E-state index contributed by atoms with van der Waals surface area (Å²) in [6.45, 7) is 5.87. The summed E-state index contributed by atoms with van der Waals surface area (Å²) in [5, 5.41) is 3.62. The predicted molar refractivity (Wildman–Crippen MR) is 67.1 cm³/mol. The van der Waals surface area contributed by atoms with Crippen molar-refractivity contribution >= 4 is 12.6 Å². The molecular weight excluding hydrogens is 190 g/mol. The highest BCUT2D eigenvalue weighted by Gasteiger charge is 2.22. The summed E-state index contributed by atoms with van der Waals surface area (Å²) in [6, 6.07) is 0.711. The van der Waals surface area contributed by atoms with Crippen molar-refractivity contribution in [1.82, 2.24) is 5.32 Å². The smallest absolute Gasteiger partial charge is 0.00670 e. The predicted octanol–water partition coefficient (Wildman–Crippen LogP) is 3.11. The Balaban J connectivity index is 2.13. The highest BCUT2D eigenvalue weighted by atomic mass is 32.1. The Hall–Kier alpha value is 0.310. The molecule has 0 aliphatic heterocycles. The first kappa shape index (κ1) is 12.4. The molecule has 1 aliphatic rings. The van der Waals surface area contributed by atoms with Gasteiger partial charge in [-0.3, -0.25) is 0 Å². The van der Waals surface area contributed by atoms with E-state index in [0.29, 0.717) is 6.04 Å². The van der Waals surface area contributed by atoms with Crippen molar-refractivity contribution in [3.05, 3.63) is 0 Å². The average molecular weight is 215 g/mol. The Labute approximate surface area is 94.5 Å². The summed E-state index contributed by atoms with van der Waals surface area (Å²) >= 11 is 4.22.